The van der Waals surface area contributed by atoms with Crippen LogP contribution in [0.1, 0.15) is 72.8 Å². The molecule has 0 unspecified atom stereocenters. The fourth-order valence-electron chi connectivity index (χ4n) is 7.71. The minimum atomic E-state index is -0.520. The van der Waals surface area contributed by atoms with E-state index in [4.69, 9.17) is 4.42 Å². The van der Waals surface area contributed by atoms with Gasteiger partial charge in [-0.1, -0.05) is 131 Å². The third-order valence-electron chi connectivity index (χ3n) is 11.1. The number of furan rings is 1. The summed E-state index contributed by atoms with van der Waals surface area (Å²) < 4.78 is 5.68. The molecule has 0 aliphatic heterocycles. The predicted molar refractivity (Wildman–Crippen MR) is 251 cm³/mol. The van der Waals surface area contributed by atoms with Gasteiger partial charge in [0.2, 0.25) is 0 Å². The second-order valence-electron chi connectivity index (χ2n) is 16.9. The van der Waals surface area contributed by atoms with Crippen molar-refractivity contribution >= 4 is 49.6 Å². The van der Waals surface area contributed by atoms with Gasteiger partial charge in [-0.25, -0.2) is 10.0 Å². The standard InChI is InChI=1S/C28H27N.C15H16O.C10H16S/c1-18-13-14-23-25(15-18)28(2,3)26-17-24(19-9-8-10-20(16-19)29(4)5)21-11-6-7-12-22(21)27(23)26;1-5-12-13-9-11(10(3)4)7-8-15(13)16-14(12)6-2;1-9-5-7-10(8-6-9)11(2,3)4/h6-17H,1-5H3;5-10H,1-2H2,3-4H3;5-8H,1-4H3. The Morgan fingerprint density at radius 2 is 1.34 bits per heavy atom. The molecule has 3 heteroatoms. The Morgan fingerprint density at radius 1 is 0.661 bits per heavy atom. The SMILES string of the molecule is C=Cc1oc2ccc(C(C)C)cc2c1C=C.Cc1ccc(S(C)(C)C)cc1.Cc1ccc2c(c1)C(C)(C)c1cc(-c3cccc(N(C)C)c3)c3ccccc3c1-2. The molecule has 2 nitrogen and oxygen atoms in total. The van der Waals surface area contributed by atoms with Crippen molar-refractivity contribution in [2.75, 3.05) is 37.8 Å². The molecule has 0 bridgehead atoms. The van der Waals surface area contributed by atoms with Crippen molar-refractivity contribution in [3.8, 4) is 22.3 Å². The van der Waals surface area contributed by atoms with E-state index in [0.29, 0.717) is 5.92 Å². The molecule has 0 amide bonds. The summed E-state index contributed by atoms with van der Waals surface area (Å²) in [6.45, 7) is 21.0. The van der Waals surface area contributed by atoms with Crippen LogP contribution in [0, 0.1) is 13.8 Å². The zero-order valence-corrected chi connectivity index (χ0v) is 36.2. The van der Waals surface area contributed by atoms with Gasteiger partial charge in [-0.15, -0.1) is 0 Å². The quantitative estimate of drug-likeness (QED) is 0.168. The number of aryl methyl sites for hydroxylation is 2. The molecule has 6 aromatic carbocycles. The normalized spacial score (nSPS) is 12.9. The molecule has 7 aromatic rings. The van der Waals surface area contributed by atoms with E-state index in [2.05, 4.69) is 202 Å². The lowest BCUT2D eigenvalue weighted by Crippen LogP contribution is -2.15. The van der Waals surface area contributed by atoms with E-state index in [1.54, 1.807) is 6.08 Å². The molecule has 0 N–H and O–H groups in total. The van der Waals surface area contributed by atoms with Gasteiger partial charge in [0.05, 0.1) is 0 Å². The number of rotatable bonds is 6. The van der Waals surface area contributed by atoms with E-state index in [1.165, 1.54) is 71.4 Å². The topological polar surface area (TPSA) is 16.4 Å². The molecule has 0 saturated heterocycles. The second kappa shape index (κ2) is 16.1. The second-order valence-corrected chi connectivity index (χ2v) is 21.0. The van der Waals surface area contributed by atoms with E-state index >= 15 is 0 Å². The third-order valence-corrected chi connectivity index (χ3v) is 12.8. The van der Waals surface area contributed by atoms with E-state index in [0.717, 1.165) is 22.3 Å². The van der Waals surface area contributed by atoms with Crippen molar-refractivity contribution in [1.29, 1.82) is 0 Å². The smallest absolute Gasteiger partial charge is 0.135 e. The van der Waals surface area contributed by atoms with E-state index in [1.807, 2.05) is 12.1 Å². The van der Waals surface area contributed by atoms with Crippen LogP contribution < -0.4 is 4.90 Å². The van der Waals surface area contributed by atoms with Gasteiger partial charge in [0, 0.05) is 36.1 Å². The first-order valence-corrected chi connectivity index (χ1v) is 22.4. The molecule has 8 rings (SSSR count). The summed E-state index contributed by atoms with van der Waals surface area (Å²) in [5.74, 6) is 1.31. The highest BCUT2D eigenvalue weighted by Crippen LogP contribution is 2.53. The largest absolute Gasteiger partial charge is 0.456 e. The summed E-state index contributed by atoms with van der Waals surface area (Å²) in [7, 11) is 3.68. The molecule has 0 saturated carbocycles. The highest BCUT2D eigenvalue weighted by molar-refractivity contribution is 8.32. The lowest BCUT2D eigenvalue weighted by molar-refractivity contribution is 0.603. The minimum absolute atomic E-state index is 0.00533. The molecule has 1 aliphatic rings. The molecule has 0 fully saturated rings. The Hall–Kier alpha value is -5.25. The molecule has 1 aromatic heterocycles. The number of fused-ring (bicyclic) bond motifs is 6. The van der Waals surface area contributed by atoms with Gasteiger partial charge in [0.25, 0.3) is 0 Å². The van der Waals surface area contributed by atoms with Crippen LogP contribution >= 0.6 is 10.0 Å². The zero-order valence-electron chi connectivity index (χ0n) is 35.4. The maximum atomic E-state index is 5.68. The lowest BCUT2D eigenvalue weighted by Gasteiger charge is -2.25. The van der Waals surface area contributed by atoms with Crippen molar-refractivity contribution in [2.45, 2.75) is 57.8 Å². The van der Waals surface area contributed by atoms with Crippen LogP contribution in [-0.4, -0.2) is 32.9 Å². The van der Waals surface area contributed by atoms with Gasteiger partial charge in [-0.3, -0.25) is 0 Å². The Morgan fingerprint density at radius 3 is 1.96 bits per heavy atom. The van der Waals surface area contributed by atoms with Gasteiger partial charge in [-0.05, 0) is 142 Å². The highest BCUT2D eigenvalue weighted by atomic mass is 32.3. The van der Waals surface area contributed by atoms with Gasteiger partial charge >= 0.3 is 0 Å². The molecule has 0 spiro atoms. The van der Waals surface area contributed by atoms with Crippen molar-refractivity contribution in [3.63, 3.8) is 0 Å². The fourth-order valence-corrected chi connectivity index (χ4v) is 8.66. The molecule has 56 heavy (non-hydrogen) atoms. The molecular formula is C53H59NOS. The van der Waals surface area contributed by atoms with Crippen LogP contribution in [0.25, 0.3) is 56.1 Å². The van der Waals surface area contributed by atoms with Crippen molar-refractivity contribution in [3.05, 3.63) is 168 Å². The van der Waals surface area contributed by atoms with E-state index in [-0.39, 0.29) is 5.41 Å². The third kappa shape index (κ3) is 8.02. The molecule has 0 radical (unpaired) electrons. The maximum Gasteiger partial charge on any atom is 0.135 e. The molecule has 0 atom stereocenters. The van der Waals surface area contributed by atoms with Crippen LogP contribution in [-0.2, 0) is 5.41 Å². The van der Waals surface area contributed by atoms with Crippen LogP contribution in [0.15, 0.2) is 138 Å². The van der Waals surface area contributed by atoms with Gasteiger partial charge in [0.15, 0.2) is 0 Å². The van der Waals surface area contributed by atoms with E-state index < -0.39 is 10.0 Å². The summed E-state index contributed by atoms with van der Waals surface area (Å²) >= 11 is 0. The summed E-state index contributed by atoms with van der Waals surface area (Å²) in [6.07, 6.45) is 10.5. The monoisotopic (exact) mass is 757 g/mol. The average Bonchev–Trinajstić information content (AvgIpc) is 3.65. The van der Waals surface area contributed by atoms with Crippen LogP contribution in [0.4, 0.5) is 5.69 Å². The Labute approximate surface area is 337 Å². The number of hydrogen-bond acceptors (Lipinski definition) is 2. The number of hydrogen-bond donors (Lipinski definition) is 0. The fraction of sp³-hybridized carbons (Fsp3) is 0.245. The van der Waals surface area contributed by atoms with Crippen molar-refractivity contribution in [1.82, 2.24) is 0 Å². The zero-order chi connectivity index (χ0) is 40.5. The average molecular weight is 758 g/mol. The first-order chi connectivity index (χ1) is 26.5. The number of benzene rings is 6. The van der Waals surface area contributed by atoms with Crippen LogP contribution in [0.2, 0.25) is 0 Å². The maximum absolute atomic E-state index is 5.68. The molecule has 1 heterocycles. The van der Waals surface area contributed by atoms with Gasteiger partial charge in [0.1, 0.15) is 11.3 Å². The van der Waals surface area contributed by atoms with E-state index in [9.17, 15) is 0 Å². The lowest BCUT2D eigenvalue weighted by atomic mass is 9.80. The van der Waals surface area contributed by atoms with Crippen molar-refractivity contribution < 1.29 is 4.42 Å². The summed E-state index contributed by atoms with van der Waals surface area (Å²) in [5, 5.41) is 3.80. The summed E-state index contributed by atoms with van der Waals surface area (Å²) in [4.78, 5) is 3.66. The van der Waals surface area contributed by atoms with Gasteiger partial charge in [-0.2, -0.15) is 0 Å². The molecule has 1 aliphatic carbocycles. The first kappa shape index (κ1) is 40.4. The molecular weight excluding hydrogens is 699 g/mol. The Balaban J connectivity index is 0.000000165. The Kier molecular flexibility index (Phi) is 11.6. The Bertz CT molecular complexity index is 2540. The molecule has 288 valence electrons. The van der Waals surface area contributed by atoms with Crippen LogP contribution in [0.3, 0.4) is 0 Å². The number of nitrogens with zero attached hydrogens (tertiary/aromatic N) is 1. The first-order valence-electron chi connectivity index (χ1n) is 19.6. The van der Waals surface area contributed by atoms with Crippen molar-refractivity contribution in [2.24, 2.45) is 0 Å². The summed E-state index contributed by atoms with van der Waals surface area (Å²) in [5.41, 5.74) is 15.4. The summed E-state index contributed by atoms with van der Waals surface area (Å²) in [6, 6.07) is 42.3. The predicted octanol–water partition coefficient (Wildman–Crippen LogP) is 15.1. The van der Waals surface area contributed by atoms with Gasteiger partial charge < -0.3 is 9.32 Å². The minimum Gasteiger partial charge on any atom is -0.456 e. The van der Waals surface area contributed by atoms with Crippen LogP contribution in [0.5, 0.6) is 0 Å². The number of anilines is 1. The highest BCUT2D eigenvalue weighted by Gasteiger charge is 2.37.